The number of nitriles is 1. The van der Waals surface area contributed by atoms with E-state index in [1.807, 2.05) is 18.2 Å². The van der Waals surface area contributed by atoms with Gasteiger partial charge in [0.05, 0.1) is 17.0 Å². The molecule has 0 unspecified atom stereocenters. The molecule has 0 fully saturated rings. The van der Waals surface area contributed by atoms with Crippen molar-refractivity contribution >= 4 is 33.1 Å². The number of anilines is 2. The number of nitrogens with one attached hydrogen (secondary N) is 1. The zero-order valence-corrected chi connectivity index (χ0v) is 15.3. The van der Waals surface area contributed by atoms with Crippen LogP contribution in [0.4, 0.5) is 11.5 Å². The Bertz CT molecular complexity index is 1140. The summed E-state index contributed by atoms with van der Waals surface area (Å²) < 4.78 is 0. The second-order valence-electron chi connectivity index (χ2n) is 6.12. The highest BCUT2D eigenvalue weighted by atomic mass is 32.1. The number of fused-ring (bicyclic) bond motifs is 1. The van der Waals surface area contributed by atoms with Gasteiger partial charge in [-0.3, -0.25) is 0 Å². The molecule has 2 aromatic heterocycles. The summed E-state index contributed by atoms with van der Waals surface area (Å²) in [5.41, 5.74) is 4.99. The molecule has 0 aliphatic carbocycles. The maximum Gasteiger partial charge on any atom is 0.143 e. The molecule has 0 aliphatic rings. The van der Waals surface area contributed by atoms with Gasteiger partial charge >= 0.3 is 0 Å². The summed E-state index contributed by atoms with van der Waals surface area (Å²) in [4.78, 5) is 11.1. The van der Waals surface area contributed by atoms with Gasteiger partial charge in [-0.2, -0.15) is 5.26 Å². The fourth-order valence-electron chi connectivity index (χ4n) is 3.01. The summed E-state index contributed by atoms with van der Waals surface area (Å²) in [5.74, 6) is 0.755. The van der Waals surface area contributed by atoms with Gasteiger partial charge in [-0.25, -0.2) is 9.97 Å². The number of aromatic nitrogens is 2. The molecule has 0 saturated heterocycles. The van der Waals surface area contributed by atoms with Crippen LogP contribution in [-0.2, 0) is 0 Å². The highest BCUT2D eigenvalue weighted by Gasteiger charge is 2.17. The van der Waals surface area contributed by atoms with Gasteiger partial charge in [0, 0.05) is 16.1 Å². The third kappa shape index (κ3) is 2.92. The predicted octanol–water partition coefficient (Wildman–Crippen LogP) is 5.59. The van der Waals surface area contributed by atoms with Crippen molar-refractivity contribution in [3.63, 3.8) is 0 Å². The van der Waals surface area contributed by atoms with Crippen molar-refractivity contribution in [3.8, 4) is 17.2 Å². The van der Waals surface area contributed by atoms with Gasteiger partial charge in [0.15, 0.2) is 0 Å². The molecular formula is C21H16N4S. The Morgan fingerprint density at radius 3 is 2.62 bits per heavy atom. The van der Waals surface area contributed by atoms with Crippen LogP contribution in [0.25, 0.3) is 21.3 Å². The fraction of sp³-hybridized carbons (Fsp3) is 0.0952. The lowest BCUT2D eigenvalue weighted by atomic mass is 10.0. The minimum Gasteiger partial charge on any atom is -0.340 e. The number of aryl methyl sites for hydroxylation is 2. The van der Waals surface area contributed by atoms with Gasteiger partial charge in [0.1, 0.15) is 17.0 Å². The Labute approximate surface area is 155 Å². The van der Waals surface area contributed by atoms with Gasteiger partial charge in [0.2, 0.25) is 0 Å². The van der Waals surface area contributed by atoms with Crippen molar-refractivity contribution in [2.45, 2.75) is 13.8 Å². The Hall–Kier alpha value is -3.23. The first kappa shape index (κ1) is 16.2. The van der Waals surface area contributed by atoms with E-state index in [0.717, 1.165) is 32.8 Å². The summed E-state index contributed by atoms with van der Waals surface area (Å²) in [6.45, 7) is 4.20. The summed E-state index contributed by atoms with van der Waals surface area (Å²) in [5, 5.41) is 13.5. The molecule has 0 radical (unpaired) electrons. The zero-order chi connectivity index (χ0) is 18.1. The minimum absolute atomic E-state index is 0.612. The molecule has 2 aromatic carbocycles. The SMILES string of the molecule is Cc1ccc(-c2c(C)sc3ncnc(Nc4cccc(C#N)c4)c23)cc1. The van der Waals surface area contributed by atoms with Gasteiger partial charge in [-0.15, -0.1) is 11.3 Å². The molecule has 2 heterocycles. The second-order valence-corrected chi connectivity index (χ2v) is 7.32. The number of nitrogens with zero attached hydrogens (tertiary/aromatic N) is 3. The topological polar surface area (TPSA) is 61.6 Å². The monoisotopic (exact) mass is 356 g/mol. The van der Waals surface area contributed by atoms with Gasteiger partial charge < -0.3 is 5.32 Å². The highest BCUT2D eigenvalue weighted by Crippen LogP contribution is 2.41. The molecule has 5 heteroatoms. The van der Waals surface area contributed by atoms with Crippen molar-refractivity contribution in [3.05, 3.63) is 70.9 Å². The maximum absolute atomic E-state index is 9.12. The van der Waals surface area contributed by atoms with E-state index in [9.17, 15) is 0 Å². The lowest BCUT2D eigenvalue weighted by Crippen LogP contribution is -1.96. The zero-order valence-electron chi connectivity index (χ0n) is 14.4. The van der Waals surface area contributed by atoms with Crippen molar-refractivity contribution in [2.24, 2.45) is 0 Å². The Morgan fingerprint density at radius 2 is 1.85 bits per heavy atom. The number of rotatable bonds is 3. The lowest BCUT2D eigenvalue weighted by Gasteiger charge is -2.09. The quantitative estimate of drug-likeness (QED) is 0.520. The number of hydrogen-bond acceptors (Lipinski definition) is 5. The molecule has 0 spiro atoms. The molecule has 0 saturated carbocycles. The van der Waals surface area contributed by atoms with E-state index in [1.54, 1.807) is 23.7 Å². The van der Waals surface area contributed by atoms with Gasteiger partial charge in [0.25, 0.3) is 0 Å². The Balaban J connectivity index is 1.88. The smallest absolute Gasteiger partial charge is 0.143 e. The van der Waals surface area contributed by atoms with Crippen molar-refractivity contribution in [1.29, 1.82) is 5.26 Å². The van der Waals surface area contributed by atoms with E-state index < -0.39 is 0 Å². The molecule has 126 valence electrons. The summed E-state index contributed by atoms with van der Waals surface area (Å²) in [7, 11) is 0. The average Bonchev–Trinajstić information content (AvgIpc) is 2.99. The van der Waals surface area contributed by atoms with E-state index in [-0.39, 0.29) is 0 Å². The van der Waals surface area contributed by atoms with Crippen LogP contribution in [0.5, 0.6) is 0 Å². The van der Waals surface area contributed by atoms with Crippen molar-refractivity contribution in [1.82, 2.24) is 9.97 Å². The van der Waals surface area contributed by atoms with E-state index in [4.69, 9.17) is 5.26 Å². The number of hydrogen-bond donors (Lipinski definition) is 1. The van der Waals surface area contributed by atoms with Crippen LogP contribution in [-0.4, -0.2) is 9.97 Å². The van der Waals surface area contributed by atoms with Crippen molar-refractivity contribution in [2.75, 3.05) is 5.32 Å². The molecule has 26 heavy (non-hydrogen) atoms. The molecular weight excluding hydrogens is 340 g/mol. The maximum atomic E-state index is 9.12. The minimum atomic E-state index is 0.612. The molecule has 0 aliphatic heterocycles. The molecule has 4 aromatic rings. The largest absolute Gasteiger partial charge is 0.340 e. The number of benzene rings is 2. The first-order chi connectivity index (χ1) is 12.7. The van der Waals surface area contributed by atoms with Crippen LogP contribution in [0, 0.1) is 25.2 Å². The first-order valence-electron chi connectivity index (χ1n) is 8.24. The van der Waals surface area contributed by atoms with E-state index in [0.29, 0.717) is 5.56 Å². The van der Waals surface area contributed by atoms with E-state index in [1.165, 1.54) is 10.4 Å². The Morgan fingerprint density at radius 1 is 1.04 bits per heavy atom. The standard InChI is InChI=1S/C21H16N4S/c1-13-6-8-16(9-7-13)18-14(2)26-21-19(18)20(23-12-24-21)25-17-5-3-4-15(10-17)11-22/h3-10,12H,1-2H3,(H,23,24,25). The van der Waals surface area contributed by atoms with E-state index >= 15 is 0 Å². The highest BCUT2D eigenvalue weighted by molar-refractivity contribution is 7.19. The molecule has 0 bridgehead atoms. The molecule has 0 atom stereocenters. The van der Waals surface area contributed by atoms with Crippen LogP contribution < -0.4 is 5.32 Å². The van der Waals surface area contributed by atoms with Crippen molar-refractivity contribution < 1.29 is 0 Å². The number of thiophene rings is 1. The third-order valence-corrected chi connectivity index (χ3v) is 5.27. The fourth-order valence-corrected chi connectivity index (χ4v) is 4.02. The second kappa shape index (κ2) is 6.58. The molecule has 1 N–H and O–H groups in total. The molecule has 4 nitrogen and oxygen atoms in total. The summed E-state index contributed by atoms with van der Waals surface area (Å²) >= 11 is 1.67. The predicted molar refractivity (Wildman–Crippen MR) is 107 cm³/mol. The summed E-state index contributed by atoms with van der Waals surface area (Å²) in [6.07, 6.45) is 1.58. The third-order valence-electron chi connectivity index (χ3n) is 4.26. The van der Waals surface area contributed by atoms with Gasteiger partial charge in [-0.1, -0.05) is 35.9 Å². The average molecular weight is 356 g/mol. The normalized spacial score (nSPS) is 10.7. The van der Waals surface area contributed by atoms with Gasteiger partial charge in [-0.05, 0) is 37.6 Å². The summed E-state index contributed by atoms with van der Waals surface area (Å²) in [6, 6.07) is 18.1. The van der Waals surface area contributed by atoms with Crippen LogP contribution in [0.2, 0.25) is 0 Å². The molecule has 4 rings (SSSR count). The van der Waals surface area contributed by atoms with Crippen LogP contribution in [0.3, 0.4) is 0 Å². The van der Waals surface area contributed by atoms with Crippen LogP contribution in [0.15, 0.2) is 54.9 Å². The van der Waals surface area contributed by atoms with Crippen LogP contribution in [0.1, 0.15) is 16.0 Å². The Kier molecular flexibility index (Phi) is 4.11. The lowest BCUT2D eigenvalue weighted by molar-refractivity contribution is 1.23. The van der Waals surface area contributed by atoms with E-state index in [2.05, 4.69) is 59.5 Å². The molecule has 0 amide bonds. The van der Waals surface area contributed by atoms with Crippen LogP contribution >= 0.6 is 11.3 Å². The first-order valence-corrected chi connectivity index (χ1v) is 9.05.